The zero-order valence-corrected chi connectivity index (χ0v) is 27.3. The molecule has 0 aliphatic heterocycles. The summed E-state index contributed by atoms with van der Waals surface area (Å²) in [7, 11) is 0. The van der Waals surface area contributed by atoms with E-state index in [-0.39, 0.29) is 29.9 Å². The molecule has 11 nitrogen and oxygen atoms in total. The molecule has 0 atom stereocenters. The van der Waals surface area contributed by atoms with Crippen LogP contribution in [-0.4, -0.2) is 42.3 Å². The first kappa shape index (κ1) is 35.7. The number of hydrazine groups is 1. The molecule has 0 unspecified atom stereocenters. The van der Waals surface area contributed by atoms with E-state index in [2.05, 4.69) is 64.8 Å². The van der Waals surface area contributed by atoms with Crippen molar-refractivity contribution in [2.24, 2.45) is 5.84 Å². The Labute approximate surface area is 292 Å². The van der Waals surface area contributed by atoms with E-state index in [0.717, 1.165) is 12.8 Å². The average Bonchev–Trinajstić information content (AvgIpc) is 3.16. The molecule has 6 aromatic rings. The van der Waals surface area contributed by atoms with E-state index >= 15 is 0 Å². The van der Waals surface area contributed by atoms with Crippen molar-refractivity contribution in [3.05, 3.63) is 131 Å². The van der Waals surface area contributed by atoms with Crippen LogP contribution in [0.25, 0.3) is 32.3 Å². The molecule has 0 fully saturated rings. The molecule has 0 bridgehead atoms. The molecule has 4 N–H and O–H groups in total. The quantitative estimate of drug-likeness (QED) is 0.0158. The Morgan fingerprint density at radius 3 is 1.73 bits per heavy atom. The van der Waals surface area contributed by atoms with Gasteiger partial charge >= 0.3 is 17.9 Å². The van der Waals surface area contributed by atoms with Gasteiger partial charge in [-0.1, -0.05) is 78.9 Å². The van der Waals surface area contributed by atoms with Crippen LogP contribution in [-0.2, 0) is 25.5 Å². The Morgan fingerprint density at radius 1 is 0.627 bits per heavy atom. The molecule has 6 rings (SSSR count). The number of benzene rings is 6. The van der Waals surface area contributed by atoms with Crippen LogP contribution in [0, 0.1) is 5.41 Å². The second-order valence-corrected chi connectivity index (χ2v) is 11.6. The topological polar surface area (TPSA) is 183 Å². The summed E-state index contributed by atoms with van der Waals surface area (Å²) < 4.78 is 9.44. The average molecular weight is 684 g/mol. The number of rotatable bonds is 11. The molecule has 256 valence electrons. The largest absolute Gasteiger partial charge is 0.409 e. The maximum atomic E-state index is 11.9. The van der Waals surface area contributed by atoms with Crippen molar-refractivity contribution in [1.29, 1.82) is 5.41 Å². The van der Waals surface area contributed by atoms with Gasteiger partial charge in [0.05, 0.1) is 17.5 Å². The van der Waals surface area contributed by atoms with Crippen LogP contribution < -0.4 is 11.3 Å². The highest BCUT2D eigenvalue weighted by Gasteiger charge is 2.16. The number of nitrogens with two attached hydrogens (primary N) is 1. The van der Waals surface area contributed by atoms with Gasteiger partial charge in [-0.05, 0) is 75.0 Å². The van der Waals surface area contributed by atoms with E-state index in [4.69, 9.17) is 16.0 Å². The normalized spacial score (nSPS) is 10.6. The number of aldehydes is 2. The number of nitrogens with one attached hydrogen (secondary N) is 2. The van der Waals surface area contributed by atoms with E-state index in [1.807, 2.05) is 0 Å². The van der Waals surface area contributed by atoms with Crippen molar-refractivity contribution in [2.75, 3.05) is 0 Å². The molecule has 0 radical (unpaired) electrons. The molecule has 0 spiro atoms. The third-order valence-corrected chi connectivity index (χ3v) is 8.17. The van der Waals surface area contributed by atoms with Gasteiger partial charge in [0.2, 0.25) is 5.91 Å². The minimum atomic E-state index is -0.888. The molecular weight excluding hydrogens is 650 g/mol. The van der Waals surface area contributed by atoms with Gasteiger partial charge in [0.15, 0.2) is 5.90 Å². The fourth-order valence-electron chi connectivity index (χ4n) is 5.57. The summed E-state index contributed by atoms with van der Waals surface area (Å²) in [6, 6.07) is 30.7. The van der Waals surface area contributed by atoms with Crippen molar-refractivity contribution in [3.8, 4) is 0 Å². The van der Waals surface area contributed by atoms with E-state index in [0.29, 0.717) is 30.1 Å². The summed E-state index contributed by atoms with van der Waals surface area (Å²) >= 11 is 0. The van der Waals surface area contributed by atoms with Crippen LogP contribution in [0.5, 0.6) is 0 Å². The first-order valence-corrected chi connectivity index (χ1v) is 16.0. The standard InChI is InChI=1S/C20H18N2O.C20H15NO7/c21-22-18(23)6-2-3-13-7-8-16-10-9-14-4-1-5-15-11-12-17(13)20(16)19(14)15;21-17(27-19(25)15-5-1-13(11-22)2-6-15)9-10-18(24)28-20(26)16-7-3-14(12-23)4-8-16/h1,4-5,7-12H,2-3,6,21H2,(H,22,23);1-8,11-12,21H,9-10H2. The van der Waals surface area contributed by atoms with Crippen LogP contribution >= 0.6 is 0 Å². The molecule has 0 aliphatic carbocycles. The fraction of sp³-hybridized carbons (Fsp3) is 0.125. The molecule has 0 saturated heterocycles. The lowest BCUT2D eigenvalue weighted by Gasteiger charge is -2.13. The van der Waals surface area contributed by atoms with Crippen LogP contribution in [0.4, 0.5) is 0 Å². The number of ether oxygens (including phenoxy) is 2. The van der Waals surface area contributed by atoms with Gasteiger partial charge in [-0.25, -0.2) is 15.4 Å². The van der Waals surface area contributed by atoms with Crippen LogP contribution in [0.3, 0.4) is 0 Å². The Hall–Kier alpha value is -6.59. The van der Waals surface area contributed by atoms with Gasteiger partial charge in [0.25, 0.3) is 0 Å². The summed E-state index contributed by atoms with van der Waals surface area (Å²) in [5.74, 6) is 1.98. The van der Waals surface area contributed by atoms with Gasteiger partial charge in [0.1, 0.15) is 12.6 Å². The molecule has 0 aliphatic rings. The maximum Gasteiger partial charge on any atom is 0.345 e. The zero-order valence-electron chi connectivity index (χ0n) is 27.3. The zero-order chi connectivity index (χ0) is 36.3. The van der Waals surface area contributed by atoms with Crippen LogP contribution in [0.2, 0.25) is 0 Å². The number of carbonyl (C=O) groups is 6. The molecule has 11 heteroatoms. The van der Waals surface area contributed by atoms with E-state index in [1.165, 1.54) is 86.4 Å². The molecule has 1 amide bonds. The lowest BCUT2D eigenvalue weighted by atomic mass is 9.90. The van der Waals surface area contributed by atoms with Crippen molar-refractivity contribution >= 4 is 74.6 Å². The lowest BCUT2D eigenvalue weighted by Crippen LogP contribution is -2.29. The van der Waals surface area contributed by atoms with E-state index < -0.39 is 23.8 Å². The van der Waals surface area contributed by atoms with E-state index in [1.54, 1.807) is 0 Å². The number of aryl methyl sites for hydroxylation is 1. The molecule has 0 aromatic heterocycles. The first-order valence-electron chi connectivity index (χ1n) is 16.0. The minimum Gasteiger partial charge on any atom is -0.409 e. The second kappa shape index (κ2) is 16.7. The Kier molecular flexibility index (Phi) is 11.7. The number of hydrogen-bond donors (Lipinski definition) is 3. The highest BCUT2D eigenvalue weighted by molar-refractivity contribution is 6.23. The van der Waals surface area contributed by atoms with Gasteiger partial charge in [-0.2, -0.15) is 0 Å². The van der Waals surface area contributed by atoms with Crippen LogP contribution in [0.1, 0.15) is 72.7 Å². The third-order valence-electron chi connectivity index (χ3n) is 8.17. The summed E-state index contributed by atoms with van der Waals surface area (Å²) in [6.45, 7) is 0. The monoisotopic (exact) mass is 683 g/mol. The minimum absolute atomic E-state index is 0.0965. The number of esters is 3. The summed E-state index contributed by atoms with van der Waals surface area (Å²) in [6.07, 6.45) is 2.79. The Balaban J connectivity index is 0.000000201. The van der Waals surface area contributed by atoms with Crippen molar-refractivity contribution in [2.45, 2.75) is 32.1 Å². The predicted octanol–water partition coefficient (Wildman–Crippen LogP) is 6.51. The highest BCUT2D eigenvalue weighted by atomic mass is 16.6. The second-order valence-electron chi connectivity index (χ2n) is 11.6. The summed E-state index contributed by atoms with van der Waals surface area (Å²) in [4.78, 5) is 67.8. The number of hydrogen-bond acceptors (Lipinski definition) is 10. The maximum absolute atomic E-state index is 11.9. The molecule has 0 heterocycles. The molecular formula is C40H33N3O8. The van der Waals surface area contributed by atoms with Crippen molar-refractivity contribution < 1.29 is 38.2 Å². The molecule has 51 heavy (non-hydrogen) atoms. The van der Waals surface area contributed by atoms with Crippen molar-refractivity contribution in [3.63, 3.8) is 0 Å². The number of amides is 1. The summed E-state index contributed by atoms with van der Waals surface area (Å²) in [5, 5.41) is 15.4. The van der Waals surface area contributed by atoms with Gasteiger partial charge in [0, 0.05) is 24.0 Å². The molecule has 0 saturated carbocycles. The Morgan fingerprint density at radius 2 is 1.16 bits per heavy atom. The fourth-order valence-corrected chi connectivity index (χ4v) is 5.57. The van der Waals surface area contributed by atoms with Gasteiger partial charge in [-0.15, -0.1) is 0 Å². The van der Waals surface area contributed by atoms with Gasteiger partial charge < -0.3 is 9.47 Å². The highest BCUT2D eigenvalue weighted by Crippen LogP contribution is 2.36. The first-order chi connectivity index (χ1) is 24.7. The van der Waals surface area contributed by atoms with Gasteiger partial charge in [-0.3, -0.25) is 30.0 Å². The van der Waals surface area contributed by atoms with Crippen molar-refractivity contribution in [1.82, 2.24) is 5.43 Å². The van der Waals surface area contributed by atoms with Crippen LogP contribution in [0.15, 0.2) is 103 Å². The molecule has 6 aromatic carbocycles. The van der Waals surface area contributed by atoms with E-state index in [9.17, 15) is 28.8 Å². The summed E-state index contributed by atoms with van der Waals surface area (Å²) in [5.41, 5.74) is 4.49. The Bertz CT molecular complexity index is 2150. The third kappa shape index (κ3) is 8.91. The number of carbonyl (C=O) groups excluding carboxylic acids is 6. The lowest BCUT2D eigenvalue weighted by molar-refractivity contribution is -0.137. The smallest absolute Gasteiger partial charge is 0.345 e. The predicted molar refractivity (Wildman–Crippen MR) is 192 cm³/mol. The SMILES string of the molecule is N=C(CCC(=O)OC(=O)c1ccc(C=O)cc1)OC(=O)c1ccc(C=O)cc1.NNC(=O)CCCc1ccc2ccc3cccc4ccc1c2c34.